The van der Waals surface area contributed by atoms with Crippen molar-refractivity contribution in [3.05, 3.63) is 41.8 Å². The molecule has 1 amide bonds. The van der Waals surface area contributed by atoms with Crippen LogP contribution in [0.1, 0.15) is 24.1 Å². The van der Waals surface area contributed by atoms with E-state index in [0.717, 1.165) is 11.1 Å². The van der Waals surface area contributed by atoms with Gasteiger partial charge in [-0.15, -0.1) is 0 Å². The number of benzene rings is 1. The molecule has 3 rings (SSSR count). The lowest BCUT2D eigenvalue weighted by Gasteiger charge is -2.11. The summed E-state index contributed by atoms with van der Waals surface area (Å²) in [5.41, 5.74) is 1.64. The van der Waals surface area contributed by atoms with Gasteiger partial charge in [-0.25, -0.2) is 4.98 Å². The van der Waals surface area contributed by atoms with Gasteiger partial charge in [-0.1, -0.05) is 17.7 Å². The fourth-order valence-corrected chi connectivity index (χ4v) is 2.40. The van der Waals surface area contributed by atoms with Crippen LogP contribution in [0, 0.1) is 12.3 Å². The number of carbonyl (C=O) groups excluding carboxylic acids is 2. The number of ether oxygens (including phenoxy) is 1. The first-order valence-electron chi connectivity index (χ1n) is 7.43. The van der Waals surface area contributed by atoms with Crippen molar-refractivity contribution < 1.29 is 18.7 Å². The van der Waals surface area contributed by atoms with Gasteiger partial charge in [0.25, 0.3) is 0 Å². The number of oxazole rings is 1. The highest BCUT2D eigenvalue weighted by Gasteiger charge is 2.57. The number of carbonyl (C=O) groups is 2. The molecule has 1 aliphatic rings. The number of esters is 1. The summed E-state index contributed by atoms with van der Waals surface area (Å²) in [6, 6.07) is 7.82. The predicted octanol–water partition coefficient (Wildman–Crippen LogP) is 2.22. The third-order valence-electron chi connectivity index (χ3n) is 4.04. The molecule has 6 nitrogen and oxygen atoms in total. The minimum atomic E-state index is -1.00. The van der Waals surface area contributed by atoms with E-state index >= 15 is 0 Å². The summed E-state index contributed by atoms with van der Waals surface area (Å²) in [4.78, 5) is 28.1. The second kappa shape index (κ2) is 5.87. The highest BCUT2D eigenvalue weighted by atomic mass is 16.5. The molecule has 0 radical (unpaired) electrons. The summed E-state index contributed by atoms with van der Waals surface area (Å²) in [5.74, 6) is -0.289. The standard InChI is InChI=1S/C17H18N2O4/c1-11-3-5-12(6-4-11)14-19-13(10-23-14)9-18-15(20)17(7-8-17)16(21)22-2/h3-6,10H,7-9H2,1-2H3,(H,18,20). The van der Waals surface area contributed by atoms with Crippen molar-refractivity contribution in [2.24, 2.45) is 5.41 Å². The first-order chi connectivity index (χ1) is 11.0. The van der Waals surface area contributed by atoms with Gasteiger partial charge in [0, 0.05) is 5.56 Å². The van der Waals surface area contributed by atoms with Crippen LogP contribution in [0.4, 0.5) is 0 Å². The van der Waals surface area contributed by atoms with Crippen LogP contribution in [0.3, 0.4) is 0 Å². The molecule has 1 N–H and O–H groups in total. The first-order valence-corrected chi connectivity index (χ1v) is 7.43. The summed E-state index contributed by atoms with van der Waals surface area (Å²) >= 11 is 0. The maximum atomic E-state index is 12.1. The molecule has 0 aliphatic heterocycles. The highest BCUT2D eigenvalue weighted by Crippen LogP contribution is 2.46. The summed E-state index contributed by atoms with van der Waals surface area (Å²) in [6.45, 7) is 2.22. The Morgan fingerprint density at radius 1 is 1.30 bits per heavy atom. The molecule has 6 heteroatoms. The predicted molar refractivity (Wildman–Crippen MR) is 82.2 cm³/mol. The van der Waals surface area contributed by atoms with Crippen LogP contribution in [-0.2, 0) is 20.9 Å². The van der Waals surface area contributed by atoms with E-state index in [1.807, 2.05) is 31.2 Å². The third kappa shape index (κ3) is 2.97. The van der Waals surface area contributed by atoms with Gasteiger partial charge in [0.15, 0.2) is 0 Å². The van der Waals surface area contributed by atoms with E-state index in [-0.39, 0.29) is 12.5 Å². The number of rotatable bonds is 5. The van der Waals surface area contributed by atoms with Gasteiger partial charge in [0.1, 0.15) is 11.7 Å². The summed E-state index contributed by atoms with van der Waals surface area (Å²) in [6.07, 6.45) is 2.56. The number of nitrogens with zero attached hydrogens (tertiary/aromatic N) is 1. The molecule has 0 unspecified atom stereocenters. The molecule has 1 fully saturated rings. The first kappa shape index (κ1) is 15.3. The Kier molecular flexibility index (Phi) is 3.90. The van der Waals surface area contributed by atoms with Crippen LogP contribution < -0.4 is 5.32 Å². The number of amides is 1. The Hall–Kier alpha value is -2.63. The minimum Gasteiger partial charge on any atom is -0.468 e. The van der Waals surface area contributed by atoms with Gasteiger partial charge in [-0.05, 0) is 31.9 Å². The van der Waals surface area contributed by atoms with Gasteiger partial charge in [0.05, 0.1) is 19.3 Å². The molecule has 1 heterocycles. The Labute approximate surface area is 133 Å². The molecule has 0 spiro atoms. The maximum Gasteiger partial charge on any atom is 0.321 e. The van der Waals surface area contributed by atoms with E-state index < -0.39 is 11.4 Å². The Balaban J connectivity index is 1.63. The maximum absolute atomic E-state index is 12.1. The van der Waals surface area contributed by atoms with Crippen LogP contribution in [0.25, 0.3) is 11.5 Å². The van der Waals surface area contributed by atoms with Gasteiger partial charge in [-0.2, -0.15) is 0 Å². The average molecular weight is 314 g/mol. The van der Waals surface area contributed by atoms with E-state index in [9.17, 15) is 9.59 Å². The van der Waals surface area contributed by atoms with Gasteiger partial charge in [-0.3, -0.25) is 9.59 Å². The Bertz CT molecular complexity index is 729. The van der Waals surface area contributed by atoms with Crippen LogP contribution in [0.15, 0.2) is 34.9 Å². The zero-order valence-corrected chi connectivity index (χ0v) is 13.1. The fraction of sp³-hybridized carbons (Fsp3) is 0.353. The molecule has 1 aromatic carbocycles. The molecular weight excluding hydrogens is 296 g/mol. The second-order valence-corrected chi connectivity index (χ2v) is 5.77. The number of aryl methyl sites for hydroxylation is 1. The smallest absolute Gasteiger partial charge is 0.321 e. The zero-order chi connectivity index (χ0) is 16.4. The van der Waals surface area contributed by atoms with Crippen molar-refractivity contribution >= 4 is 11.9 Å². The van der Waals surface area contributed by atoms with Crippen molar-refractivity contribution in [2.75, 3.05) is 7.11 Å². The Morgan fingerprint density at radius 3 is 2.61 bits per heavy atom. The van der Waals surface area contributed by atoms with Crippen molar-refractivity contribution in [1.82, 2.24) is 10.3 Å². The van der Waals surface area contributed by atoms with Crippen molar-refractivity contribution in [2.45, 2.75) is 26.3 Å². The normalized spacial score (nSPS) is 15.0. The van der Waals surface area contributed by atoms with Crippen LogP contribution in [-0.4, -0.2) is 24.0 Å². The molecule has 23 heavy (non-hydrogen) atoms. The summed E-state index contributed by atoms with van der Waals surface area (Å²) < 4.78 is 10.1. The molecular formula is C17H18N2O4. The van der Waals surface area contributed by atoms with E-state index in [2.05, 4.69) is 15.0 Å². The van der Waals surface area contributed by atoms with Gasteiger partial charge < -0.3 is 14.5 Å². The fourth-order valence-electron chi connectivity index (χ4n) is 2.40. The average Bonchev–Trinajstić information content (AvgIpc) is 3.25. The van der Waals surface area contributed by atoms with Gasteiger partial charge >= 0.3 is 5.97 Å². The topological polar surface area (TPSA) is 81.4 Å². The minimum absolute atomic E-state index is 0.215. The lowest BCUT2D eigenvalue weighted by molar-refractivity contribution is -0.152. The van der Waals surface area contributed by atoms with Crippen molar-refractivity contribution in [3.8, 4) is 11.5 Å². The molecule has 0 atom stereocenters. The lowest BCUT2D eigenvalue weighted by atomic mass is 10.1. The number of hydrogen-bond acceptors (Lipinski definition) is 5. The number of methoxy groups -OCH3 is 1. The molecule has 0 bridgehead atoms. The molecule has 120 valence electrons. The number of aromatic nitrogens is 1. The lowest BCUT2D eigenvalue weighted by Crippen LogP contribution is -2.37. The summed E-state index contributed by atoms with van der Waals surface area (Å²) in [5, 5.41) is 2.73. The van der Waals surface area contributed by atoms with E-state index in [4.69, 9.17) is 4.42 Å². The molecule has 2 aromatic rings. The van der Waals surface area contributed by atoms with Gasteiger partial charge in [0.2, 0.25) is 11.8 Å². The summed E-state index contributed by atoms with van der Waals surface area (Å²) in [7, 11) is 1.29. The quantitative estimate of drug-likeness (QED) is 0.676. The third-order valence-corrected chi connectivity index (χ3v) is 4.04. The van der Waals surface area contributed by atoms with Crippen LogP contribution in [0.5, 0.6) is 0 Å². The zero-order valence-electron chi connectivity index (χ0n) is 13.1. The highest BCUT2D eigenvalue weighted by molar-refractivity contribution is 6.05. The number of nitrogens with one attached hydrogen (secondary N) is 1. The monoisotopic (exact) mass is 314 g/mol. The Morgan fingerprint density at radius 2 is 2.00 bits per heavy atom. The SMILES string of the molecule is COC(=O)C1(C(=O)NCc2coc(-c3ccc(C)cc3)n2)CC1. The largest absolute Gasteiger partial charge is 0.468 e. The van der Waals surface area contributed by atoms with Crippen LogP contribution >= 0.6 is 0 Å². The van der Waals surface area contributed by atoms with E-state index in [1.54, 1.807) is 0 Å². The molecule has 1 aromatic heterocycles. The molecule has 1 saturated carbocycles. The van der Waals surface area contributed by atoms with E-state index in [1.165, 1.54) is 13.4 Å². The van der Waals surface area contributed by atoms with Crippen molar-refractivity contribution in [1.29, 1.82) is 0 Å². The second-order valence-electron chi connectivity index (χ2n) is 5.77. The molecule has 0 saturated heterocycles. The van der Waals surface area contributed by atoms with E-state index in [0.29, 0.717) is 24.4 Å². The number of hydrogen-bond donors (Lipinski definition) is 1. The van der Waals surface area contributed by atoms with Crippen LogP contribution in [0.2, 0.25) is 0 Å². The van der Waals surface area contributed by atoms with Crippen molar-refractivity contribution in [3.63, 3.8) is 0 Å². The molecule has 1 aliphatic carbocycles.